The van der Waals surface area contributed by atoms with Crippen molar-refractivity contribution in [3.05, 3.63) is 29.4 Å². The van der Waals surface area contributed by atoms with E-state index in [1.807, 2.05) is 24.3 Å². The van der Waals surface area contributed by atoms with Crippen molar-refractivity contribution in [2.24, 2.45) is 5.92 Å². The molecule has 0 amide bonds. The van der Waals surface area contributed by atoms with Gasteiger partial charge in [-0.2, -0.15) is 0 Å². The molecule has 0 aliphatic carbocycles. The fourth-order valence-electron chi connectivity index (χ4n) is 2.81. The first-order valence-corrected chi connectivity index (χ1v) is 7.53. The summed E-state index contributed by atoms with van der Waals surface area (Å²) in [5.74, 6) is 1.52. The molecule has 1 aromatic heterocycles. The smallest absolute Gasteiger partial charge is 0.159 e. The van der Waals surface area contributed by atoms with Crippen molar-refractivity contribution in [2.75, 3.05) is 31.5 Å². The zero-order valence-electron chi connectivity index (χ0n) is 11.6. The minimum Gasteiger partial charge on any atom is -0.368 e. The number of fused-ring (bicyclic) bond motifs is 1. The van der Waals surface area contributed by atoms with Crippen LogP contribution in [0.25, 0.3) is 10.8 Å². The van der Waals surface area contributed by atoms with Gasteiger partial charge in [-0.3, -0.25) is 0 Å². The molecule has 4 nitrogen and oxygen atoms in total. The summed E-state index contributed by atoms with van der Waals surface area (Å²) < 4.78 is 0. The molecule has 3 rings (SSSR count). The molecule has 2 aromatic rings. The summed E-state index contributed by atoms with van der Waals surface area (Å²) in [4.78, 5) is 2.48. The number of nitrogens with zero attached hydrogens (tertiary/aromatic N) is 3. The Morgan fingerprint density at radius 1 is 1.30 bits per heavy atom. The molecule has 5 heteroatoms. The molecule has 0 spiro atoms. The average molecular weight is 291 g/mol. The van der Waals surface area contributed by atoms with Gasteiger partial charge >= 0.3 is 0 Å². The standard InChI is InChI=1S/C15H19ClN4/c1-2-20-8-7-11(10-20)9-17-15-13-6-4-3-5-12(13)14(16)18-19-15/h3-6,11H,2,7-10H2,1H3,(H,17,19). The Kier molecular flexibility index (Phi) is 4.03. The van der Waals surface area contributed by atoms with Crippen LogP contribution in [0.5, 0.6) is 0 Å². The monoisotopic (exact) mass is 290 g/mol. The number of likely N-dealkylation sites (tertiary alicyclic amines) is 1. The van der Waals surface area contributed by atoms with E-state index in [9.17, 15) is 0 Å². The number of nitrogens with one attached hydrogen (secondary N) is 1. The first-order valence-electron chi connectivity index (χ1n) is 7.15. The summed E-state index contributed by atoms with van der Waals surface area (Å²) in [5, 5.41) is 14.1. The maximum atomic E-state index is 6.09. The second kappa shape index (κ2) is 5.94. The van der Waals surface area contributed by atoms with Crippen LogP contribution in [0.2, 0.25) is 5.15 Å². The van der Waals surface area contributed by atoms with E-state index in [2.05, 4.69) is 27.3 Å². The van der Waals surface area contributed by atoms with Gasteiger partial charge in [-0.25, -0.2) is 0 Å². The fraction of sp³-hybridized carbons (Fsp3) is 0.467. The Morgan fingerprint density at radius 3 is 2.85 bits per heavy atom. The average Bonchev–Trinajstić information content (AvgIpc) is 2.95. The van der Waals surface area contributed by atoms with Crippen LogP contribution in [-0.4, -0.2) is 41.3 Å². The summed E-state index contributed by atoms with van der Waals surface area (Å²) in [6, 6.07) is 7.98. The van der Waals surface area contributed by atoms with Crippen molar-refractivity contribution < 1.29 is 0 Å². The lowest BCUT2D eigenvalue weighted by molar-refractivity contribution is 0.345. The molecule has 1 fully saturated rings. The van der Waals surface area contributed by atoms with Crippen LogP contribution < -0.4 is 5.32 Å². The predicted molar refractivity (Wildman–Crippen MR) is 83.3 cm³/mol. The van der Waals surface area contributed by atoms with Gasteiger partial charge in [-0.1, -0.05) is 42.8 Å². The third kappa shape index (κ3) is 2.72. The summed E-state index contributed by atoms with van der Waals surface area (Å²) in [7, 11) is 0. The highest BCUT2D eigenvalue weighted by Gasteiger charge is 2.21. The van der Waals surface area contributed by atoms with E-state index in [4.69, 9.17) is 11.6 Å². The summed E-state index contributed by atoms with van der Waals surface area (Å²) in [5.41, 5.74) is 0. The van der Waals surface area contributed by atoms with E-state index in [1.54, 1.807) is 0 Å². The van der Waals surface area contributed by atoms with Crippen LogP contribution in [0.1, 0.15) is 13.3 Å². The lowest BCUT2D eigenvalue weighted by Gasteiger charge is -2.14. The highest BCUT2D eigenvalue weighted by atomic mass is 35.5. The van der Waals surface area contributed by atoms with Crippen molar-refractivity contribution in [1.29, 1.82) is 0 Å². The van der Waals surface area contributed by atoms with Gasteiger partial charge in [0.1, 0.15) is 0 Å². The molecule has 1 saturated heterocycles. The van der Waals surface area contributed by atoms with Gasteiger partial charge in [0.25, 0.3) is 0 Å². The molecule has 1 N–H and O–H groups in total. The lowest BCUT2D eigenvalue weighted by atomic mass is 10.1. The SMILES string of the molecule is CCN1CCC(CNc2nnc(Cl)c3ccccc23)C1. The van der Waals surface area contributed by atoms with Crippen molar-refractivity contribution in [2.45, 2.75) is 13.3 Å². The van der Waals surface area contributed by atoms with Crippen LogP contribution in [0, 0.1) is 5.92 Å². The molecule has 20 heavy (non-hydrogen) atoms. The van der Waals surface area contributed by atoms with E-state index in [-0.39, 0.29) is 0 Å². The van der Waals surface area contributed by atoms with E-state index >= 15 is 0 Å². The molecule has 0 bridgehead atoms. The Bertz CT molecular complexity index is 601. The van der Waals surface area contributed by atoms with E-state index < -0.39 is 0 Å². The second-order valence-corrected chi connectivity index (χ2v) is 5.67. The zero-order valence-corrected chi connectivity index (χ0v) is 12.4. The largest absolute Gasteiger partial charge is 0.368 e. The summed E-state index contributed by atoms with van der Waals surface area (Å²) >= 11 is 6.09. The summed E-state index contributed by atoms with van der Waals surface area (Å²) in [6.07, 6.45) is 1.25. The molecule has 2 heterocycles. The molecule has 1 aliphatic heterocycles. The van der Waals surface area contributed by atoms with E-state index in [1.165, 1.54) is 19.5 Å². The molecule has 1 atom stereocenters. The number of benzene rings is 1. The Hall–Kier alpha value is -1.39. The van der Waals surface area contributed by atoms with Crippen LogP contribution in [-0.2, 0) is 0 Å². The third-order valence-electron chi connectivity index (χ3n) is 4.02. The van der Waals surface area contributed by atoms with Crippen LogP contribution in [0.15, 0.2) is 24.3 Å². The van der Waals surface area contributed by atoms with Crippen LogP contribution in [0.4, 0.5) is 5.82 Å². The number of hydrogen-bond acceptors (Lipinski definition) is 4. The fourth-order valence-corrected chi connectivity index (χ4v) is 3.01. The molecular weight excluding hydrogens is 272 g/mol. The first kappa shape index (κ1) is 13.6. The minimum absolute atomic E-state index is 0.462. The van der Waals surface area contributed by atoms with Gasteiger partial charge in [-0.15, -0.1) is 10.2 Å². The predicted octanol–water partition coefficient (Wildman–Crippen LogP) is 3.04. The maximum absolute atomic E-state index is 6.09. The van der Waals surface area contributed by atoms with E-state index in [0.717, 1.165) is 29.7 Å². The molecule has 0 radical (unpaired) electrons. The molecule has 106 valence electrons. The number of aromatic nitrogens is 2. The number of anilines is 1. The van der Waals surface area contributed by atoms with Crippen molar-refractivity contribution in [3.63, 3.8) is 0 Å². The molecule has 1 unspecified atom stereocenters. The number of hydrogen-bond donors (Lipinski definition) is 1. The topological polar surface area (TPSA) is 41.0 Å². The lowest BCUT2D eigenvalue weighted by Crippen LogP contribution is -2.22. The van der Waals surface area contributed by atoms with Gasteiger partial charge in [0.2, 0.25) is 0 Å². The highest BCUT2D eigenvalue weighted by molar-refractivity contribution is 6.34. The van der Waals surface area contributed by atoms with Crippen molar-refractivity contribution in [1.82, 2.24) is 15.1 Å². The maximum Gasteiger partial charge on any atom is 0.159 e. The van der Waals surface area contributed by atoms with Crippen molar-refractivity contribution >= 4 is 28.2 Å². The van der Waals surface area contributed by atoms with Gasteiger partial charge in [0, 0.05) is 23.9 Å². The zero-order chi connectivity index (χ0) is 13.9. The first-order chi connectivity index (χ1) is 9.78. The van der Waals surface area contributed by atoms with Crippen molar-refractivity contribution in [3.8, 4) is 0 Å². The number of halogens is 1. The Labute approximate surface area is 124 Å². The highest BCUT2D eigenvalue weighted by Crippen LogP contribution is 2.26. The van der Waals surface area contributed by atoms with Crippen LogP contribution >= 0.6 is 11.6 Å². The van der Waals surface area contributed by atoms with Gasteiger partial charge < -0.3 is 10.2 Å². The number of rotatable bonds is 4. The van der Waals surface area contributed by atoms with Gasteiger partial charge in [-0.05, 0) is 25.4 Å². The third-order valence-corrected chi connectivity index (χ3v) is 4.30. The molecule has 0 saturated carbocycles. The normalized spacial score (nSPS) is 19.6. The Morgan fingerprint density at radius 2 is 2.10 bits per heavy atom. The second-order valence-electron chi connectivity index (χ2n) is 5.31. The molecule has 1 aromatic carbocycles. The summed E-state index contributed by atoms with van der Waals surface area (Å²) in [6.45, 7) is 6.67. The van der Waals surface area contributed by atoms with Gasteiger partial charge in [0.05, 0.1) is 0 Å². The molecule has 1 aliphatic rings. The Balaban J connectivity index is 1.74. The molecular formula is C15H19ClN4. The van der Waals surface area contributed by atoms with Gasteiger partial charge in [0.15, 0.2) is 11.0 Å². The quantitative estimate of drug-likeness (QED) is 0.940. The van der Waals surface area contributed by atoms with E-state index in [0.29, 0.717) is 11.1 Å². The minimum atomic E-state index is 0.462. The van der Waals surface area contributed by atoms with Crippen LogP contribution in [0.3, 0.4) is 0 Å².